The van der Waals surface area contributed by atoms with E-state index < -0.39 is 0 Å². The van der Waals surface area contributed by atoms with Crippen molar-refractivity contribution in [3.63, 3.8) is 0 Å². The largest absolute Gasteiger partial charge is 0.393 e. The number of aliphatic hydroxyl groups excluding tert-OH is 1. The molecule has 2 heterocycles. The molecule has 0 spiro atoms. The van der Waals surface area contributed by atoms with Crippen molar-refractivity contribution in [1.29, 1.82) is 0 Å². The fraction of sp³-hybridized carbons (Fsp3) is 0.727. The summed E-state index contributed by atoms with van der Waals surface area (Å²) in [5, 5.41) is 9.44. The zero-order valence-corrected chi connectivity index (χ0v) is 11.0. The maximum Gasteiger partial charge on any atom is 0.183 e. The lowest BCUT2D eigenvalue weighted by Crippen LogP contribution is -2.31. The summed E-state index contributed by atoms with van der Waals surface area (Å²) < 4.78 is 0.612. The van der Waals surface area contributed by atoms with Crippen molar-refractivity contribution in [3.05, 3.63) is 15.5 Å². The van der Waals surface area contributed by atoms with E-state index in [1.54, 1.807) is 11.3 Å². The molecule has 1 saturated heterocycles. The zero-order chi connectivity index (χ0) is 11.5. The molecule has 1 fully saturated rings. The maximum absolute atomic E-state index is 9.44. The number of aromatic nitrogens is 1. The first-order chi connectivity index (χ1) is 7.65. The number of thiazole rings is 1. The summed E-state index contributed by atoms with van der Waals surface area (Å²) in [7, 11) is 0. The van der Waals surface area contributed by atoms with Crippen molar-refractivity contribution in [2.45, 2.75) is 44.9 Å². The summed E-state index contributed by atoms with van der Waals surface area (Å²) in [5.74, 6) is 0. The van der Waals surface area contributed by atoms with E-state index in [2.05, 4.69) is 9.88 Å². The van der Waals surface area contributed by atoms with Crippen LogP contribution in [0.3, 0.4) is 0 Å². The van der Waals surface area contributed by atoms with E-state index in [4.69, 9.17) is 11.6 Å². The lowest BCUT2D eigenvalue weighted by Gasteiger charge is -2.24. The van der Waals surface area contributed by atoms with Crippen LogP contribution in [0, 0.1) is 0 Å². The molecule has 2 unspecified atom stereocenters. The summed E-state index contributed by atoms with van der Waals surface area (Å²) in [5.41, 5.74) is 0. The molecule has 2 atom stereocenters. The predicted molar refractivity (Wildman–Crippen MR) is 66.9 cm³/mol. The Morgan fingerprint density at radius 2 is 2.56 bits per heavy atom. The molecule has 3 nitrogen and oxygen atoms in total. The minimum atomic E-state index is -0.212. The van der Waals surface area contributed by atoms with Gasteiger partial charge in [-0.2, -0.15) is 0 Å². The third-order valence-corrected chi connectivity index (χ3v) is 4.10. The van der Waals surface area contributed by atoms with E-state index in [1.807, 2.05) is 13.1 Å². The Morgan fingerprint density at radius 1 is 1.75 bits per heavy atom. The maximum atomic E-state index is 9.44. The standard InChI is InChI=1S/C11H17ClN2OS/c1-8(15)5-9-3-2-4-14(9)7-10-6-13-11(12)16-10/h6,8-9,15H,2-5,7H2,1H3. The van der Waals surface area contributed by atoms with Crippen molar-refractivity contribution in [1.82, 2.24) is 9.88 Å². The second-order valence-electron chi connectivity index (χ2n) is 4.43. The van der Waals surface area contributed by atoms with Gasteiger partial charge >= 0.3 is 0 Å². The van der Waals surface area contributed by atoms with Gasteiger partial charge in [0.05, 0.1) is 6.10 Å². The van der Waals surface area contributed by atoms with Gasteiger partial charge in [-0.15, -0.1) is 11.3 Å². The molecule has 0 bridgehead atoms. The van der Waals surface area contributed by atoms with E-state index in [0.717, 1.165) is 19.5 Å². The van der Waals surface area contributed by atoms with E-state index in [1.165, 1.54) is 17.7 Å². The third-order valence-electron chi connectivity index (χ3n) is 3.00. The molecule has 16 heavy (non-hydrogen) atoms. The van der Waals surface area contributed by atoms with Gasteiger partial charge in [-0.25, -0.2) is 4.98 Å². The first kappa shape index (κ1) is 12.3. The zero-order valence-electron chi connectivity index (χ0n) is 9.40. The summed E-state index contributed by atoms with van der Waals surface area (Å²) in [6, 6.07) is 0.515. The van der Waals surface area contributed by atoms with Crippen LogP contribution in [0.25, 0.3) is 0 Å². The molecule has 0 aromatic carbocycles. The lowest BCUT2D eigenvalue weighted by molar-refractivity contribution is 0.131. The van der Waals surface area contributed by atoms with Gasteiger partial charge in [-0.05, 0) is 32.7 Å². The molecule has 2 rings (SSSR count). The summed E-state index contributed by atoms with van der Waals surface area (Å²) in [6.45, 7) is 3.90. The van der Waals surface area contributed by atoms with Crippen LogP contribution in [0.5, 0.6) is 0 Å². The molecular weight excluding hydrogens is 244 g/mol. The van der Waals surface area contributed by atoms with Crippen molar-refractivity contribution >= 4 is 22.9 Å². The van der Waals surface area contributed by atoms with Gasteiger partial charge in [0.15, 0.2) is 4.47 Å². The number of nitrogens with zero attached hydrogens (tertiary/aromatic N) is 2. The topological polar surface area (TPSA) is 36.4 Å². The molecular formula is C11H17ClN2OS. The predicted octanol–water partition coefficient (Wildman–Crippen LogP) is 2.53. The van der Waals surface area contributed by atoms with Gasteiger partial charge in [0.1, 0.15) is 0 Å². The quantitative estimate of drug-likeness (QED) is 0.904. The molecule has 0 radical (unpaired) electrons. The molecule has 0 aliphatic carbocycles. The molecule has 90 valence electrons. The van der Waals surface area contributed by atoms with Crippen LogP contribution >= 0.6 is 22.9 Å². The van der Waals surface area contributed by atoms with Crippen LogP contribution in [0.15, 0.2) is 6.20 Å². The highest BCUT2D eigenvalue weighted by Crippen LogP contribution is 2.26. The summed E-state index contributed by atoms with van der Waals surface area (Å²) in [4.78, 5) is 7.69. The van der Waals surface area contributed by atoms with Crippen molar-refractivity contribution < 1.29 is 5.11 Å². The highest BCUT2D eigenvalue weighted by Gasteiger charge is 2.25. The molecule has 1 aromatic heterocycles. The highest BCUT2D eigenvalue weighted by molar-refractivity contribution is 7.15. The molecule has 1 aliphatic rings. The minimum Gasteiger partial charge on any atom is -0.393 e. The fourth-order valence-electron chi connectivity index (χ4n) is 2.32. The van der Waals surface area contributed by atoms with Crippen LogP contribution in [0.4, 0.5) is 0 Å². The van der Waals surface area contributed by atoms with Crippen LogP contribution < -0.4 is 0 Å². The molecule has 1 aromatic rings. The first-order valence-corrected chi connectivity index (χ1v) is 6.87. The van der Waals surface area contributed by atoms with Gasteiger partial charge in [-0.3, -0.25) is 4.90 Å². The van der Waals surface area contributed by atoms with E-state index in [-0.39, 0.29) is 6.10 Å². The Labute approximate surface area is 105 Å². The highest BCUT2D eigenvalue weighted by atomic mass is 35.5. The number of rotatable bonds is 4. The second-order valence-corrected chi connectivity index (χ2v) is 6.13. The normalized spacial score (nSPS) is 23.8. The van der Waals surface area contributed by atoms with Crippen LogP contribution in [-0.2, 0) is 6.54 Å². The monoisotopic (exact) mass is 260 g/mol. The summed E-state index contributed by atoms with van der Waals surface area (Å²) >= 11 is 7.36. The van der Waals surface area contributed by atoms with Crippen molar-refractivity contribution in [3.8, 4) is 0 Å². The Hall–Kier alpha value is -0.160. The number of hydrogen-bond acceptors (Lipinski definition) is 4. The number of hydrogen-bond donors (Lipinski definition) is 1. The Balaban J connectivity index is 1.93. The molecule has 1 N–H and O–H groups in total. The molecule has 1 aliphatic heterocycles. The minimum absolute atomic E-state index is 0.212. The number of halogens is 1. The van der Waals surface area contributed by atoms with E-state index in [0.29, 0.717) is 10.5 Å². The van der Waals surface area contributed by atoms with Gasteiger partial charge in [0.2, 0.25) is 0 Å². The van der Waals surface area contributed by atoms with Gasteiger partial charge in [-0.1, -0.05) is 11.6 Å². The van der Waals surface area contributed by atoms with E-state index in [9.17, 15) is 5.11 Å². The molecule has 0 saturated carbocycles. The molecule has 5 heteroatoms. The average Bonchev–Trinajstić information content (AvgIpc) is 2.77. The fourth-order valence-corrected chi connectivity index (χ4v) is 3.32. The Kier molecular flexibility index (Phi) is 4.19. The van der Waals surface area contributed by atoms with Crippen LogP contribution in [0.2, 0.25) is 4.47 Å². The van der Waals surface area contributed by atoms with Gasteiger partial charge in [0, 0.05) is 23.7 Å². The average molecular weight is 261 g/mol. The van der Waals surface area contributed by atoms with E-state index >= 15 is 0 Å². The van der Waals surface area contributed by atoms with Crippen LogP contribution in [0.1, 0.15) is 31.1 Å². The first-order valence-electron chi connectivity index (χ1n) is 5.67. The van der Waals surface area contributed by atoms with Crippen molar-refractivity contribution in [2.75, 3.05) is 6.54 Å². The van der Waals surface area contributed by atoms with Crippen molar-refractivity contribution in [2.24, 2.45) is 0 Å². The number of likely N-dealkylation sites (tertiary alicyclic amines) is 1. The Bertz CT molecular complexity index is 342. The summed E-state index contributed by atoms with van der Waals surface area (Å²) in [6.07, 6.45) is 4.93. The third kappa shape index (κ3) is 3.17. The second kappa shape index (κ2) is 5.45. The van der Waals surface area contributed by atoms with Gasteiger partial charge in [0.25, 0.3) is 0 Å². The lowest BCUT2D eigenvalue weighted by atomic mass is 10.1. The Morgan fingerprint density at radius 3 is 3.19 bits per heavy atom. The SMILES string of the molecule is CC(O)CC1CCCN1Cc1cnc(Cl)s1. The van der Waals surface area contributed by atoms with Gasteiger partial charge < -0.3 is 5.11 Å². The molecule has 0 amide bonds. The van der Waals surface area contributed by atoms with Crippen LogP contribution in [-0.4, -0.2) is 33.7 Å². The smallest absolute Gasteiger partial charge is 0.183 e. The number of aliphatic hydroxyl groups is 1.